The fourth-order valence-electron chi connectivity index (χ4n) is 1.23. The van der Waals surface area contributed by atoms with Gasteiger partial charge in [0.15, 0.2) is 0 Å². The van der Waals surface area contributed by atoms with Gasteiger partial charge in [0.25, 0.3) is 0 Å². The lowest BCUT2D eigenvalue weighted by atomic mass is 10.1. The van der Waals surface area contributed by atoms with Gasteiger partial charge in [0.05, 0.1) is 7.11 Å². The summed E-state index contributed by atoms with van der Waals surface area (Å²) in [5.74, 6) is -0.276. The van der Waals surface area contributed by atoms with Crippen LogP contribution in [0.25, 0.3) is 5.57 Å². The first-order chi connectivity index (χ1) is 7.22. The van der Waals surface area contributed by atoms with Crippen LogP contribution >= 0.6 is 11.3 Å². The summed E-state index contributed by atoms with van der Waals surface area (Å²) in [6.45, 7) is 3.95. The molecule has 3 heteroatoms. The van der Waals surface area contributed by atoms with Gasteiger partial charge >= 0.3 is 5.97 Å². The summed E-state index contributed by atoms with van der Waals surface area (Å²) in [6.07, 6.45) is 6.01. The van der Waals surface area contributed by atoms with Gasteiger partial charge in [-0.05, 0) is 36.4 Å². The number of methoxy groups -OCH3 is 1. The lowest BCUT2D eigenvalue weighted by Gasteiger charge is -1.96. The van der Waals surface area contributed by atoms with Crippen LogP contribution in [0, 0.1) is 0 Å². The second-order valence-electron chi connectivity index (χ2n) is 2.94. The van der Waals surface area contributed by atoms with Crippen molar-refractivity contribution < 1.29 is 9.53 Å². The summed E-state index contributed by atoms with van der Waals surface area (Å²) in [7, 11) is 1.39. The fourth-order valence-corrected chi connectivity index (χ4v) is 2.07. The maximum Gasteiger partial charge on any atom is 0.348 e. The minimum absolute atomic E-state index is 0.276. The van der Waals surface area contributed by atoms with E-state index in [4.69, 9.17) is 0 Å². The molecule has 1 aromatic rings. The van der Waals surface area contributed by atoms with Gasteiger partial charge < -0.3 is 4.74 Å². The van der Waals surface area contributed by atoms with E-state index in [1.807, 2.05) is 43.5 Å². The summed E-state index contributed by atoms with van der Waals surface area (Å²) < 4.78 is 4.66. The third kappa shape index (κ3) is 2.80. The van der Waals surface area contributed by atoms with E-state index in [0.717, 1.165) is 11.1 Å². The number of carbonyl (C=O) groups excluding carboxylic acids is 1. The van der Waals surface area contributed by atoms with Crippen molar-refractivity contribution in [2.75, 3.05) is 7.11 Å². The molecule has 0 saturated carbocycles. The lowest BCUT2D eigenvalue weighted by Crippen LogP contribution is -1.97. The van der Waals surface area contributed by atoms with Crippen LogP contribution in [0.1, 0.15) is 29.1 Å². The number of thiophene rings is 1. The highest BCUT2D eigenvalue weighted by Crippen LogP contribution is 2.23. The molecule has 1 rings (SSSR count). The summed E-state index contributed by atoms with van der Waals surface area (Å²) in [6, 6.07) is 1.85. The molecule has 0 unspecified atom stereocenters. The fraction of sp³-hybridized carbons (Fsp3) is 0.250. The quantitative estimate of drug-likeness (QED) is 0.578. The average Bonchev–Trinajstić information content (AvgIpc) is 2.73. The first-order valence-electron chi connectivity index (χ1n) is 4.69. The molecule has 0 radical (unpaired) electrons. The average molecular weight is 222 g/mol. The Morgan fingerprint density at radius 3 is 2.73 bits per heavy atom. The highest BCUT2D eigenvalue weighted by atomic mass is 32.1. The Kier molecular flexibility index (Phi) is 4.31. The Labute approximate surface area is 93.9 Å². The first-order valence-corrected chi connectivity index (χ1v) is 5.57. The van der Waals surface area contributed by atoms with Gasteiger partial charge in [-0.1, -0.05) is 18.2 Å². The zero-order chi connectivity index (χ0) is 11.3. The van der Waals surface area contributed by atoms with Gasteiger partial charge in [0.2, 0.25) is 0 Å². The standard InChI is InChI=1S/C12H14O2S/c1-4-6-9(5-2)10-7-11(15-8-10)12(13)14-3/h4-8H,1-3H3/b6-4-,9-5+. The van der Waals surface area contributed by atoms with Gasteiger partial charge in [0.1, 0.15) is 4.88 Å². The molecular weight excluding hydrogens is 208 g/mol. The van der Waals surface area contributed by atoms with E-state index in [1.54, 1.807) is 0 Å². The number of hydrogen-bond acceptors (Lipinski definition) is 3. The van der Waals surface area contributed by atoms with Crippen LogP contribution in [0.4, 0.5) is 0 Å². The number of ether oxygens (including phenoxy) is 1. The normalized spacial score (nSPS) is 12.1. The molecule has 0 spiro atoms. The summed E-state index contributed by atoms with van der Waals surface area (Å²) in [5.41, 5.74) is 2.17. The van der Waals surface area contributed by atoms with Crippen molar-refractivity contribution in [1.82, 2.24) is 0 Å². The number of allylic oxidation sites excluding steroid dienone is 4. The molecule has 1 aromatic heterocycles. The van der Waals surface area contributed by atoms with Crippen molar-refractivity contribution in [3.8, 4) is 0 Å². The summed E-state index contributed by atoms with van der Waals surface area (Å²) in [5, 5.41) is 1.96. The molecule has 15 heavy (non-hydrogen) atoms. The van der Waals surface area contributed by atoms with Crippen LogP contribution in [-0.2, 0) is 4.74 Å². The molecule has 0 bridgehead atoms. The molecule has 0 aliphatic rings. The van der Waals surface area contributed by atoms with Gasteiger partial charge in [-0.15, -0.1) is 11.3 Å². The Bertz CT molecular complexity index is 400. The predicted molar refractivity (Wildman–Crippen MR) is 64.1 cm³/mol. The van der Waals surface area contributed by atoms with Crippen molar-refractivity contribution in [1.29, 1.82) is 0 Å². The van der Waals surface area contributed by atoms with Crippen molar-refractivity contribution in [2.24, 2.45) is 0 Å². The molecule has 1 heterocycles. The highest BCUT2D eigenvalue weighted by Gasteiger charge is 2.09. The largest absolute Gasteiger partial charge is 0.465 e. The van der Waals surface area contributed by atoms with E-state index >= 15 is 0 Å². The number of carbonyl (C=O) groups is 1. The van der Waals surface area contributed by atoms with E-state index in [9.17, 15) is 4.79 Å². The van der Waals surface area contributed by atoms with E-state index in [2.05, 4.69) is 4.74 Å². The molecule has 0 atom stereocenters. The Balaban J connectivity index is 2.97. The molecule has 0 aliphatic heterocycles. The molecule has 0 fully saturated rings. The van der Waals surface area contributed by atoms with Crippen LogP contribution < -0.4 is 0 Å². The molecule has 0 aliphatic carbocycles. The lowest BCUT2D eigenvalue weighted by molar-refractivity contribution is 0.0606. The molecule has 0 saturated heterocycles. The zero-order valence-corrected chi connectivity index (χ0v) is 9.93. The molecule has 2 nitrogen and oxygen atoms in total. The topological polar surface area (TPSA) is 26.3 Å². The molecule has 0 amide bonds. The molecular formula is C12H14O2S. The maximum absolute atomic E-state index is 11.2. The maximum atomic E-state index is 11.2. The van der Waals surface area contributed by atoms with Gasteiger partial charge in [-0.2, -0.15) is 0 Å². The van der Waals surface area contributed by atoms with Crippen LogP contribution in [-0.4, -0.2) is 13.1 Å². The van der Waals surface area contributed by atoms with Crippen molar-refractivity contribution in [3.63, 3.8) is 0 Å². The minimum Gasteiger partial charge on any atom is -0.465 e. The monoisotopic (exact) mass is 222 g/mol. The third-order valence-electron chi connectivity index (χ3n) is 1.98. The van der Waals surface area contributed by atoms with Crippen LogP contribution in [0.2, 0.25) is 0 Å². The van der Waals surface area contributed by atoms with Crippen LogP contribution in [0.5, 0.6) is 0 Å². The SMILES string of the molecule is C/C=C\C(=C/C)c1csc(C(=O)OC)c1. The first kappa shape index (κ1) is 11.7. The van der Waals surface area contributed by atoms with Crippen molar-refractivity contribution in [2.45, 2.75) is 13.8 Å². The van der Waals surface area contributed by atoms with E-state index in [0.29, 0.717) is 4.88 Å². The minimum atomic E-state index is -0.276. The van der Waals surface area contributed by atoms with Crippen molar-refractivity contribution >= 4 is 22.9 Å². The molecule has 0 N–H and O–H groups in total. The number of hydrogen-bond donors (Lipinski definition) is 0. The summed E-state index contributed by atoms with van der Waals surface area (Å²) in [4.78, 5) is 11.9. The third-order valence-corrected chi connectivity index (χ3v) is 2.89. The van der Waals surface area contributed by atoms with Gasteiger partial charge in [-0.3, -0.25) is 0 Å². The Morgan fingerprint density at radius 1 is 1.47 bits per heavy atom. The number of rotatable bonds is 3. The van der Waals surface area contributed by atoms with Gasteiger partial charge in [-0.25, -0.2) is 4.79 Å². The van der Waals surface area contributed by atoms with Crippen molar-refractivity contribution in [3.05, 3.63) is 40.1 Å². The van der Waals surface area contributed by atoms with Crippen LogP contribution in [0.15, 0.2) is 29.7 Å². The smallest absolute Gasteiger partial charge is 0.348 e. The van der Waals surface area contributed by atoms with E-state index in [1.165, 1.54) is 18.4 Å². The summed E-state index contributed by atoms with van der Waals surface area (Å²) >= 11 is 1.40. The highest BCUT2D eigenvalue weighted by molar-refractivity contribution is 7.12. The second-order valence-corrected chi connectivity index (χ2v) is 3.85. The Hall–Kier alpha value is -1.35. The Morgan fingerprint density at radius 2 is 2.20 bits per heavy atom. The van der Waals surface area contributed by atoms with E-state index in [-0.39, 0.29) is 5.97 Å². The van der Waals surface area contributed by atoms with E-state index < -0.39 is 0 Å². The van der Waals surface area contributed by atoms with Gasteiger partial charge in [0, 0.05) is 0 Å². The molecule has 80 valence electrons. The van der Waals surface area contributed by atoms with Crippen LogP contribution in [0.3, 0.4) is 0 Å². The predicted octanol–water partition coefficient (Wildman–Crippen LogP) is 3.51. The molecule has 0 aromatic carbocycles. The number of esters is 1. The second kappa shape index (κ2) is 5.51. The zero-order valence-electron chi connectivity index (χ0n) is 9.11.